The van der Waals surface area contributed by atoms with Crippen molar-refractivity contribution in [2.45, 2.75) is 30.6 Å². The monoisotopic (exact) mass is 297 g/mol. The molecular weight excluding hydrogens is 282 g/mol. The van der Waals surface area contributed by atoms with Gasteiger partial charge in [-0.25, -0.2) is 4.79 Å². The highest BCUT2D eigenvalue weighted by molar-refractivity contribution is 7.86. The van der Waals surface area contributed by atoms with Gasteiger partial charge < -0.3 is 10.4 Å². The highest BCUT2D eigenvalue weighted by Crippen LogP contribution is 2.30. The molecule has 3 atom stereocenters. The van der Waals surface area contributed by atoms with E-state index in [-0.39, 0.29) is 18.6 Å². The molecule has 0 heterocycles. The lowest BCUT2D eigenvalue weighted by atomic mass is 10.1. The number of carbonyl (C=O) groups is 2. The third-order valence-corrected chi connectivity index (χ3v) is 4.61. The van der Waals surface area contributed by atoms with E-state index in [9.17, 15) is 18.0 Å². The third-order valence-electron chi connectivity index (χ3n) is 2.97. The van der Waals surface area contributed by atoms with Crippen molar-refractivity contribution in [3.8, 4) is 0 Å². The molecule has 0 aromatic carbocycles. The molecule has 1 aliphatic carbocycles. The maximum absolute atomic E-state index is 11.7. The lowest BCUT2D eigenvalue weighted by molar-refractivity contribution is -0.141. The minimum absolute atomic E-state index is 0.0174. The van der Waals surface area contributed by atoms with Crippen LogP contribution in [0.2, 0.25) is 0 Å². The minimum Gasteiger partial charge on any atom is -0.480 e. The maximum atomic E-state index is 11.7. The Bertz CT molecular complexity index is 434. The van der Waals surface area contributed by atoms with Gasteiger partial charge in [-0.1, -0.05) is 0 Å². The SMILES string of the molecule is O=C(N[C@@H](CS)C(=O)O)C1CCC(S(=O)(=O)O)C1. The van der Waals surface area contributed by atoms with Crippen LogP contribution < -0.4 is 5.32 Å². The van der Waals surface area contributed by atoms with Gasteiger partial charge in [-0.15, -0.1) is 0 Å². The number of carboxylic acids is 1. The van der Waals surface area contributed by atoms with E-state index in [1.165, 1.54) is 0 Å². The first-order valence-corrected chi connectivity index (χ1v) is 7.49. The van der Waals surface area contributed by atoms with Crippen LogP contribution in [0, 0.1) is 5.92 Å². The summed E-state index contributed by atoms with van der Waals surface area (Å²) in [7, 11) is -4.13. The average Bonchev–Trinajstić information content (AvgIpc) is 2.73. The zero-order valence-electron chi connectivity index (χ0n) is 9.44. The smallest absolute Gasteiger partial charge is 0.327 e. The molecule has 18 heavy (non-hydrogen) atoms. The van der Waals surface area contributed by atoms with E-state index in [0.717, 1.165) is 0 Å². The number of rotatable bonds is 5. The van der Waals surface area contributed by atoms with E-state index in [2.05, 4.69) is 17.9 Å². The normalized spacial score (nSPS) is 25.7. The lowest BCUT2D eigenvalue weighted by Crippen LogP contribution is -2.44. The molecule has 7 nitrogen and oxygen atoms in total. The van der Waals surface area contributed by atoms with Gasteiger partial charge in [0.2, 0.25) is 5.91 Å². The standard InChI is InChI=1S/C9H15NO6S2/c11-8(10-7(4-17)9(12)13)5-1-2-6(3-5)18(14,15)16/h5-7,17H,1-4H2,(H,10,11)(H,12,13)(H,14,15,16)/t5?,6?,7-/m0/s1. The Morgan fingerprint density at radius 1 is 1.39 bits per heavy atom. The van der Waals surface area contributed by atoms with Crippen LogP contribution in [0.1, 0.15) is 19.3 Å². The van der Waals surface area contributed by atoms with Gasteiger partial charge in [0.05, 0.1) is 5.25 Å². The fraction of sp³-hybridized carbons (Fsp3) is 0.778. The molecule has 0 radical (unpaired) electrons. The molecule has 0 bridgehead atoms. The minimum atomic E-state index is -4.13. The molecule has 104 valence electrons. The van der Waals surface area contributed by atoms with Crippen LogP contribution in [0.3, 0.4) is 0 Å². The first-order valence-electron chi connectivity index (χ1n) is 5.36. The number of carbonyl (C=O) groups excluding carboxylic acids is 1. The lowest BCUT2D eigenvalue weighted by Gasteiger charge is -2.15. The molecule has 3 N–H and O–H groups in total. The van der Waals surface area contributed by atoms with E-state index in [4.69, 9.17) is 9.66 Å². The topological polar surface area (TPSA) is 121 Å². The Morgan fingerprint density at radius 3 is 2.39 bits per heavy atom. The summed E-state index contributed by atoms with van der Waals surface area (Å²) in [4.78, 5) is 22.4. The van der Waals surface area contributed by atoms with Crippen molar-refractivity contribution in [1.82, 2.24) is 5.32 Å². The third kappa shape index (κ3) is 3.85. The quantitative estimate of drug-likeness (QED) is 0.402. The largest absolute Gasteiger partial charge is 0.480 e. The summed E-state index contributed by atoms with van der Waals surface area (Å²) in [6, 6.07) is -1.09. The van der Waals surface area contributed by atoms with Gasteiger partial charge in [0.15, 0.2) is 0 Å². The van der Waals surface area contributed by atoms with Gasteiger partial charge in [0.1, 0.15) is 6.04 Å². The molecule has 1 amide bonds. The Balaban J connectivity index is 2.58. The number of aliphatic carboxylic acids is 1. The number of carboxylic acid groups (broad SMARTS) is 1. The predicted octanol–water partition coefficient (Wildman–Crippen LogP) is -0.458. The summed E-state index contributed by atoms with van der Waals surface area (Å²) in [5, 5.41) is 10.1. The molecular formula is C9H15NO6S2. The first kappa shape index (κ1) is 15.3. The number of hydrogen-bond acceptors (Lipinski definition) is 5. The second kappa shape index (κ2) is 5.89. The fourth-order valence-electron chi connectivity index (χ4n) is 1.92. The molecule has 1 saturated carbocycles. The Kier molecular flexibility index (Phi) is 5.00. The van der Waals surface area contributed by atoms with Crippen LogP contribution in [0.25, 0.3) is 0 Å². The summed E-state index contributed by atoms with van der Waals surface area (Å²) in [6.45, 7) is 0. The molecule has 1 aliphatic rings. The van der Waals surface area contributed by atoms with Crippen molar-refractivity contribution < 1.29 is 27.7 Å². The van der Waals surface area contributed by atoms with Crippen LogP contribution in [0.4, 0.5) is 0 Å². The summed E-state index contributed by atoms with van der Waals surface area (Å²) in [6.07, 6.45) is 0.536. The number of amides is 1. The van der Waals surface area contributed by atoms with Crippen molar-refractivity contribution in [3.05, 3.63) is 0 Å². The zero-order valence-corrected chi connectivity index (χ0v) is 11.2. The number of nitrogens with one attached hydrogen (secondary N) is 1. The van der Waals surface area contributed by atoms with Crippen molar-refractivity contribution in [2.24, 2.45) is 5.92 Å². The molecule has 1 rings (SSSR count). The molecule has 1 fully saturated rings. The van der Waals surface area contributed by atoms with Gasteiger partial charge in [0.25, 0.3) is 10.1 Å². The van der Waals surface area contributed by atoms with Gasteiger partial charge >= 0.3 is 5.97 Å². The zero-order chi connectivity index (χ0) is 13.9. The van der Waals surface area contributed by atoms with Gasteiger partial charge in [-0.3, -0.25) is 9.35 Å². The number of thiol groups is 1. The first-order chi connectivity index (χ1) is 8.25. The summed E-state index contributed by atoms with van der Waals surface area (Å²) in [5.41, 5.74) is 0. The van der Waals surface area contributed by atoms with Crippen LogP contribution in [-0.2, 0) is 19.7 Å². The second-order valence-electron chi connectivity index (χ2n) is 4.23. The van der Waals surface area contributed by atoms with Crippen LogP contribution in [0.15, 0.2) is 0 Å². The Labute approximate surface area is 110 Å². The van der Waals surface area contributed by atoms with Gasteiger partial charge in [-0.2, -0.15) is 21.0 Å². The molecule has 0 aromatic rings. The predicted molar refractivity (Wildman–Crippen MR) is 66.1 cm³/mol. The van der Waals surface area contributed by atoms with Crippen LogP contribution in [0.5, 0.6) is 0 Å². The van der Waals surface area contributed by atoms with Crippen molar-refractivity contribution >= 4 is 34.6 Å². The van der Waals surface area contributed by atoms with E-state index in [1.54, 1.807) is 0 Å². The molecule has 0 saturated heterocycles. The Hall–Kier alpha value is -0.800. The molecule has 9 heteroatoms. The second-order valence-corrected chi connectivity index (χ2v) is 6.29. The summed E-state index contributed by atoms with van der Waals surface area (Å²) in [5.74, 6) is -2.33. The Morgan fingerprint density at radius 2 is 2.00 bits per heavy atom. The highest BCUT2D eigenvalue weighted by atomic mass is 32.2. The van der Waals surface area contributed by atoms with E-state index >= 15 is 0 Å². The van der Waals surface area contributed by atoms with Crippen molar-refractivity contribution in [1.29, 1.82) is 0 Å². The molecule has 0 aromatic heterocycles. The van der Waals surface area contributed by atoms with Crippen LogP contribution in [-0.4, -0.2) is 47.0 Å². The summed E-state index contributed by atoms with van der Waals surface area (Å²) >= 11 is 3.80. The molecule has 0 aliphatic heterocycles. The van der Waals surface area contributed by atoms with Crippen molar-refractivity contribution in [2.75, 3.05) is 5.75 Å². The molecule has 0 spiro atoms. The van der Waals surface area contributed by atoms with E-state index in [1.807, 2.05) is 0 Å². The number of hydrogen-bond donors (Lipinski definition) is 4. The molecule has 2 unspecified atom stereocenters. The highest BCUT2D eigenvalue weighted by Gasteiger charge is 2.37. The average molecular weight is 297 g/mol. The van der Waals surface area contributed by atoms with E-state index in [0.29, 0.717) is 6.42 Å². The van der Waals surface area contributed by atoms with Crippen LogP contribution >= 0.6 is 12.6 Å². The van der Waals surface area contributed by atoms with Crippen molar-refractivity contribution in [3.63, 3.8) is 0 Å². The van der Waals surface area contributed by atoms with E-state index < -0.39 is 39.2 Å². The van der Waals surface area contributed by atoms with Gasteiger partial charge in [-0.05, 0) is 19.3 Å². The van der Waals surface area contributed by atoms with Gasteiger partial charge in [0, 0.05) is 11.7 Å². The fourth-order valence-corrected chi connectivity index (χ4v) is 3.08. The maximum Gasteiger partial charge on any atom is 0.327 e. The summed E-state index contributed by atoms with van der Waals surface area (Å²) < 4.78 is 30.7.